The van der Waals surface area contributed by atoms with Gasteiger partial charge in [0.2, 0.25) is 0 Å². The van der Waals surface area contributed by atoms with Gasteiger partial charge in [-0.15, -0.1) is 0 Å². The van der Waals surface area contributed by atoms with Crippen LogP contribution in [0.4, 0.5) is 0 Å². The van der Waals surface area contributed by atoms with Gasteiger partial charge in [0.15, 0.2) is 0 Å². The third-order valence-electron chi connectivity index (χ3n) is 2.77. The van der Waals surface area contributed by atoms with Crippen molar-refractivity contribution in [1.29, 1.82) is 0 Å². The van der Waals surface area contributed by atoms with Crippen molar-refractivity contribution in [3.8, 4) is 5.75 Å². The van der Waals surface area contributed by atoms with Gasteiger partial charge in [-0.2, -0.15) is 0 Å². The zero-order valence-electron chi connectivity index (χ0n) is 11.4. The Hall–Kier alpha value is -0.730. The molecule has 0 aliphatic heterocycles. The van der Waals surface area contributed by atoms with Crippen LogP contribution in [-0.4, -0.2) is 12.2 Å². The van der Waals surface area contributed by atoms with Gasteiger partial charge in [-0.3, -0.25) is 0 Å². The molecular weight excluding hydrogens is 236 g/mol. The fourth-order valence-corrected chi connectivity index (χ4v) is 1.98. The molecule has 1 aromatic carbocycles. The summed E-state index contributed by atoms with van der Waals surface area (Å²) in [5.41, 5.74) is 0.810. The van der Waals surface area contributed by atoms with E-state index in [1.807, 2.05) is 12.1 Å². The van der Waals surface area contributed by atoms with Crippen molar-refractivity contribution in [3.05, 3.63) is 28.3 Å². The minimum atomic E-state index is -0.976. The Bertz CT molecular complexity index is 411. The molecule has 1 rings (SSSR count). The lowest BCUT2D eigenvalue weighted by molar-refractivity contribution is 0.0755. The first kappa shape index (κ1) is 14.3. The first-order valence-corrected chi connectivity index (χ1v) is 6.06. The summed E-state index contributed by atoms with van der Waals surface area (Å²) >= 11 is 6.21. The smallest absolute Gasteiger partial charge is 0.143 e. The van der Waals surface area contributed by atoms with E-state index in [0.29, 0.717) is 10.8 Å². The normalized spacial score (nSPS) is 12.7. The quantitative estimate of drug-likeness (QED) is 0.870. The molecule has 2 nitrogen and oxygen atoms in total. The molecule has 0 atom stereocenters. The molecule has 1 aromatic rings. The Kier molecular flexibility index (Phi) is 3.80. The molecule has 0 unspecified atom stereocenters. The van der Waals surface area contributed by atoms with E-state index in [4.69, 9.17) is 16.3 Å². The van der Waals surface area contributed by atoms with E-state index in [-0.39, 0.29) is 5.41 Å². The zero-order valence-corrected chi connectivity index (χ0v) is 12.1. The minimum Gasteiger partial charge on any atom is -0.495 e. The number of benzene rings is 1. The second-order valence-electron chi connectivity index (χ2n) is 5.85. The lowest BCUT2D eigenvalue weighted by Crippen LogP contribution is -2.20. The molecule has 0 aromatic heterocycles. The Morgan fingerprint density at radius 1 is 1.12 bits per heavy atom. The second kappa shape index (κ2) is 4.51. The fraction of sp³-hybridized carbons (Fsp3) is 0.571. The number of halogens is 1. The van der Waals surface area contributed by atoms with E-state index in [1.54, 1.807) is 21.0 Å². The highest BCUT2D eigenvalue weighted by molar-refractivity contribution is 6.32. The maximum atomic E-state index is 10.2. The van der Waals surface area contributed by atoms with E-state index >= 15 is 0 Å². The van der Waals surface area contributed by atoms with E-state index in [9.17, 15) is 5.11 Å². The van der Waals surface area contributed by atoms with Crippen molar-refractivity contribution < 1.29 is 9.84 Å². The van der Waals surface area contributed by atoms with Crippen LogP contribution in [0.2, 0.25) is 5.02 Å². The summed E-state index contributed by atoms with van der Waals surface area (Å²) in [6, 6.07) is 3.86. The lowest BCUT2D eigenvalue weighted by Gasteiger charge is -2.26. The molecule has 0 spiro atoms. The summed E-state index contributed by atoms with van der Waals surface area (Å²) in [4.78, 5) is 0. The molecule has 0 amide bonds. The average Bonchev–Trinajstić information content (AvgIpc) is 2.13. The van der Waals surface area contributed by atoms with Crippen molar-refractivity contribution >= 4 is 11.6 Å². The molecule has 96 valence electrons. The minimum absolute atomic E-state index is 0.0179. The molecular formula is C14H21ClO2. The number of hydrogen-bond donors (Lipinski definition) is 1. The number of ether oxygens (including phenoxy) is 1. The van der Waals surface area contributed by atoms with Gasteiger partial charge in [-0.05, 0) is 37.0 Å². The molecule has 0 radical (unpaired) electrons. The van der Waals surface area contributed by atoms with Crippen LogP contribution in [0.15, 0.2) is 12.1 Å². The number of aliphatic hydroxyl groups is 1. The van der Waals surface area contributed by atoms with Crippen LogP contribution < -0.4 is 4.74 Å². The van der Waals surface area contributed by atoms with E-state index < -0.39 is 5.60 Å². The van der Waals surface area contributed by atoms with Crippen molar-refractivity contribution in [1.82, 2.24) is 0 Å². The molecule has 0 bridgehead atoms. The van der Waals surface area contributed by atoms with Crippen LogP contribution in [0.25, 0.3) is 0 Å². The first-order valence-electron chi connectivity index (χ1n) is 5.68. The van der Waals surface area contributed by atoms with E-state index in [1.165, 1.54) is 0 Å². The molecule has 1 N–H and O–H groups in total. The molecule has 0 fully saturated rings. The van der Waals surface area contributed by atoms with Crippen LogP contribution in [-0.2, 0) is 11.0 Å². The maximum Gasteiger partial charge on any atom is 0.143 e. The van der Waals surface area contributed by atoms with Crippen molar-refractivity contribution in [2.75, 3.05) is 7.11 Å². The first-order chi connectivity index (χ1) is 7.57. The predicted octanol–water partition coefficient (Wildman–Crippen LogP) is 3.87. The van der Waals surface area contributed by atoms with Crippen LogP contribution in [0.1, 0.15) is 45.7 Å². The average molecular weight is 257 g/mol. The SMILES string of the molecule is COc1c(Cl)cc(C(C)(C)C)cc1C(C)(C)O. The van der Waals surface area contributed by atoms with Gasteiger partial charge in [-0.25, -0.2) is 0 Å². The topological polar surface area (TPSA) is 29.5 Å². The van der Waals surface area contributed by atoms with Gasteiger partial charge >= 0.3 is 0 Å². The molecule has 0 saturated heterocycles. The molecule has 3 heteroatoms. The summed E-state index contributed by atoms with van der Waals surface area (Å²) in [6.07, 6.45) is 0. The summed E-state index contributed by atoms with van der Waals surface area (Å²) in [7, 11) is 1.56. The maximum absolute atomic E-state index is 10.2. The largest absolute Gasteiger partial charge is 0.495 e. The summed E-state index contributed by atoms with van der Waals surface area (Å²) in [6.45, 7) is 9.79. The van der Waals surface area contributed by atoms with Gasteiger partial charge in [-0.1, -0.05) is 32.4 Å². The van der Waals surface area contributed by atoms with Gasteiger partial charge < -0.3 is 9.84 Å². The van der Waals surface area contributed by atoms with Gasteiger partial charge in [0.1, 0.15) is 5.75 Å². The number of methoxy groups -OCH3 is 1. The van der Waals surface area contributed by atoms with E-state index in [0.717, 1.165) is 11.1 Å². The van der Waals surface area contributed by atoms with Gasteiger partial charge in [0.25, 0.3) is 0 Å². The standard InChI is InChI=1S/C14H21ClO2/c1-13(2,3)9-7-10(14(4,5)16)12(17-6)11(15)8-9/h7-8,16H,1-6H3. The Balaban J connectivity index is 3.51. The predicted molar refractivity (Wildman–Crippen MR) is 71.9 cm³/mol. The number of rotatable bonds is 2. The highest BCUT2D eigenvalue weighted by atomic mass is 35.5. The lowest BCUT2D eigenvalue weighted by atomic mass is 9.83. The van der Waals surface area contributed by atoms with Gasteiger partial charge in [0.05, 0.1) is 17.7 Å². The van der Waals surface area contributed by atoms with Crippen molar-refractivity contribution in [2.24, 2.45) is 0 Å². The third kappa shape index (κ3) is 3.14. The van der Waals surface area contributed by atoms with Crippen LogP contribution in [0.5, 0.6) is 5.75 Å². The highest BCUT2D eigenvalue weighted by Gasteiger charge is 2.26. The van der Waals surface area contributed by atoms with Crippen molar-refractivity contribution in [3.63, 3.8) is 0 Å². The van der Waals surface area contributed by atoms with Crippen LogP contribution in [0, 0.1) is 0 Å². The van der Waals surface area contributed by atoms with Crippen LogP contribution >= 0.6 is 11.6 Å². The molecule has 0 aliphatic rings. The number of hydrogen-bond acceptors (Lipinski definition) is 2. The molecule has 0 saturated carbocycles. The zero-order chi connectivity index (χ0) is 13.4. The third-order valence-corrected chi connectivity index (χ3v) is 3.05. The molecule has 0 aliphatic carbocycles. The van der Waals surface area contributed by atoms with Gasteiger partial charge in [0, 0.05) is 5.56 Å². The Morgan fingerprint density at radius 2 is 1.65 bits per heavy atom. The van der Waals surface area contributed by atoms with E-state index in [2.05, 4.69) is 20.8 Å². The fourth-order valence-electron chi connectivity index (χ4n) is 1.69. The Labute approximate surface area is 109 Å². The molecule has 17 heavy (non-hydrogen) atoms. The summed E-state index contributed by atoms with van der Waals surface area (Å²) < 4.78 is 5.28. The Morgan fingerprint density at radius 3 is 2.00 bits per heavy atom. The summed E-state index contributed by atoms with van der Waals surface area (Å²) in [5, 5.41) is 10.7. The second-order valence-corrected chi connectivity index (χ2v) is 6.26. The summed E-state index contributed by atoms with van der Waals surface area (Å²) in [5.74, 6) is 0.548. The van der Waals surface area contributed by atoms with Crippen LogP contribution in [0.3, 0.4) is 0 Å². The highest BCUT2D eigenvalue weighted by Crippen LogP contribution is 2.39. The monoisotopic (exact) mass is 256 g/mol. The molecule has 0 heterocycles. The van der Waals surface area contributed by atoms with Crippen molar-refractivity contribution in [2.45, 2.75) is 45.6 Å².